The largest absolute Gasteiger partial charge is 0.493 e. The fourth-order valence-electron chi connectivity index (χ4n) is 4.10. The molecule has 1 N–H and O–H groups in total. The summed E-state index contributed by atoms with van der Waals surface area (Å²) in [5.41, 5.74) is 1.79. The van der Waals surface area contributed by atoms with E-state index in [0.29, 0.717) is 16.5 Å². The molecule has 208 valence electrons. The Morgan fingerprint density at radius 1 is 0.923 bits per heavy atom. The molecule has 0 unspecified atom stereocenters. The van der Waals surface area contributed by atoms with Gasteiger partial charge in [0.25, 0.3) is 0 Å². The van der Waals surface area contributed by atoms with E-state index in [9.17, 15) is 18.0 Å². The molecule has 0 saturated heterocycles. The number of benzene rings is 3. The van der Waals surface area contributed by atoms with Gasteiger partial charge in [-0.05, 0) is 35.4 Å². The van der Waals surface area contributed by atoms with Crippen molar-refractivity contribution in [2.45, 2.75) is 19.0 Å². The van der Waals surface area contributed by atoms with Gasteiger partial charge >= 0.3 is 0 Å². The number of anilines is 1. The molecule has 0 saturated carbocycles. The van der Waals surface area contributed by atoms with Crippen molar-refractivity contribution < 1.29 is 27.5 Å². The summed E-state index contributed by atoms with van der Waals surface area (Å²) in [5, 5.41) is 3.17. The molecule has 9 nitrogen and oxygen atoms in total. The minimum atomic E-state index is -3.91. The summed E-state index contributed by atoms with van der Waals surface area (Å²) < 4.78 is 37.3. The monoisotopic (exact) mass is 573 g/mol. The number of carbonyl (C=O) groups is 2. The lowest BCUT2D eigenvalue weighted by Gasteiger charge is -2.33. The Kier molecular flexibility index (Phi) is 10.2. The quantitative estimate of drug-likeness (QED) is 0.355. The normalized spacial score (nSPS) is 11.8. The smallest absolute Gasteiger partial charge is 0.244 e. The molecule has 11 heteroatoms. The van der Waals surface area contributed by atoms with E-state index in [1.165, 1.54) is 38.3 Å². The fourth-order valence-corrected chi connectivity index (χ4v) is 5.07. The van der Waals surface area contributed by atoms with Gasteiger partial charge in [-0.1, -0.05) is 54.1 Å². The predicted octanol–water partition coefficient (Wildman–Crippen LogP) is 3.51. The fraction of sp³-hybridized carbons (Fsp3) is 0.286. The molecule has 2 amide bonds. The van der Waals surface area contributed by atoms with E-state index in [0.717, 1.165) is 21.7 Å². The highest BCUT2D eigenvalue weighted by molar-refractivity contribution is 7.92. The zero-order chi connectivity index (χ0) is 28.6. The van der Waals surface area contributed by atoms with Crippen LogP contribution in [-0.2, 0) is 32.6 Å². The molecule has 3 aromatic carbocycles. The Morgan fingerprint density at radius 3 is 2.13 bits per heavy atom. The Hall–Kier alpha value is -3.76. The first-order valence-corrected chi connectivity index (χ1v) is 14.3. The summed E-state index contributed by atoms with van der Waals surface area (Å²) in [4.78, 5) is 28.5. The van der Waals surface area contributed by atoms with Crippen molar-refractivity contribution in [3.8, 4) is 11.5 Å². The second-order valence-corrected chi connectivity index (χ2v) is 11.1. The summed E-state index contributed by atoms with van der Waals surface area (Å²) in [5.74, 6) is -0.220. The van der Waals surface area contributed by atoms with Gasteiger partial charge < -0.3 is 19.7 Å². The molecule has 0 spiro atoms. The van der Waals surface area contributed by atoms with E-state index in [2.05, 4.69) is 5.32 Å². The minimum absolute atomic E-state index is 0.0600. The van der Waals surface area contributed by atoms with Crippen LogP contribution in [-0.4, -0.2) is 65.2 Å². The number of methoxy groups -OCH3 is 2. The number of likely N-dealkylation sites (N-methyl/N-ethyl adjacent to an activating group) is 1. The number of carbonyl (C=O) groups excluding carboxylic acids is 2. The number of rotatable bonds is 12. The molecule has 0 aliphatic heterocycles. The number of nitrogens with zero attached hydrogens (tertiary/aromatic N) is 2. The third-order valence-electron chi connectivity index (χ3n) is 6.12. The van der Waals surface area contributed by atoms with Crippen LogP contribution in [0.25, 0.3) is 0 Å². The van der Waals surface area contributed by atoms with Crippen molar-refractivity contribution in [2.75, 3.05) is 38.4 Å². The first-order valence-electron chi connectivity index (χ1n) is 12.1. The number of hydrogen-bond donors (Lipinski definition) is 1. The minimum Gasteiger partial charge on any atom is -0.493 e. The third-order valence-corrected chi connectivity index (χ3v) is 7.51. The average molecular weight is 574 g/mol. The Morgan fingerprint density at radius 2 is 1.56 bits per heavy atom. The molecule has 1 atom stereocenters. The molecule has 0 radical (unpaired) electrons. The number of amides is 2. The van der Waals surface area contributed by atoms with Crippen LogP contribution >= 0.6 is 11.6 Å². The predicted molar refractivity (Wildman–Crippen MR) is 152 cm³/mol. The van der Waals surface area contributed by atoms with E-state index in [1.807, 2.05) is 30.3 Å². The maximum Gasteiger partial charge on any atom is 0.244 e. The molecule has 0 fully saturated rings. The average Bonchev–Trinajstić information content (AvgIpc) is 2.93. The van der Waals surface area contributed by atoms with Crippen LogP contribution in [0.5, 0.6) is 11.5 Å². The summed E-state index contributed by atoms with van der Waals surface area (Å²) in [7, 11) is 0.491. The zero-order valence-electron chi connectivity index (χ0n) is 22.3. The van der Waals surface area contributed by atoms with Gasteiger partial charge in [-0.3, -0.25) is 13.9 Å². The summed E-state index contributed by atoms with van der Waals surface area (Å²) in [6.45, 7) is -0.478. The lowest BCUT2D eigenvalue weighted by Crippen LogP contribution is -2.52. The van der Waals surface area contributed by atoms with Crippen LogP contribution in [0.2, 0.25) is 5.02 Å². The lowest BCUT2D eigenvalue weighted by atomic mass is 10.0. The molecule has 0 aromatic heterocycles. The lowest BCUT2D eigenvalue weighted by molar-refractivity contribution is -0.139. The summed E-state index contributed by atoms with van der Waals surface area (Å²) in [6, 6.07) is 19.9. The van der Waals surface area contributed by atoms with Crippen molar-refractivity contribution in [3.05, 3.63) is 88.9 Å². The van der Waals surface area contributed by atoms with Gasteiger partial charge in [0.15, 0.2) is 11.5 Å². The molecule has 3 rings (SSSR count). The first kappa shape index (κ1) is 29.8. The maximum atomic E-state index is 13.9. The van der Waals surface area contributed by atoms with E-state index >= 15 is 0 Å². The van der Waals surface area contributed by atoms with Crippen LogP contribution in [0.1, 0.15) is 11.1 Å². The molecule has 0 aliphatic rings. The zero-order valence-corrected chi connectivity index (χ0v) is 23.8. The van der Waals surface area contributed by atoms with Gasteiger partial charge in [-0.15, -0.1) is 0 Å². The number of nitrogens with one attached hydrogen (secondary N) is 1. The van der Waals surface area contributed by atoms with Gasteiger partial charge in [0.1, 0.15) is 12.6 Å². The molecule has 0 heterocycles. The molecule has 3 aromatic rings. The van der Waals surface area contributed by atoms with Crippen LogP contribution in [0.4, 0.5) is 5.69 Å². The number of sulfonamides is 1. The number of halogens is 1. The topological polar surface area (TPSA) is 105 Å². The molecule has 0 bridgehead atoms. The van der Waals surface area contributed by atoms with E-state index in [1.54, 1.807) is 30.3 Å². The third kappa shape index (κ3) is 7.87. The van der Waals surface area contributed by atoms with E-state index in [-0.39, 0.29) is 24.6 Å². The first-order chi connectivity index (χ1) is 18.6. The number of hydrogen-bond acceptors (Lipinski definition) is 6. The van der Waals surface area contributed by atoms with Crippen molar-refractivity contribution in [3.63, 3.8) is 0 Å². The van der Waals surface area contributed by atoms with Crippen molar-refractivity contribution >= 4 is 39.1 Å². The van der Waals surface area contributed by atoms with Gasteiger partial charge in [0.05, 0.1) is 26.2 Å². The number of ether oxygens (including phenoxy) is 2. The second-order valence-electron chi connectivity index (χ2n) is 8.78. The van der Waals surface area contributed by atoms with Crippen LogP contribution < -0.4 is 19.1 Å². The Labute approximate surface area is 234 Å². The summed E-state index contributed by atoms with van der Waals surface area (Å²) in [6.07, 6.45) is 1.25. The standard InChI is InChI=1S/C28H32ClN3O6S/c1-30-28(34)24(16-20-8-6-5-7-9-20)31(18-21-10-12-22(29)13-11-21)27(33)19-32(39(4,35)36)23-14-15-25(37-2)26(17-23)38-3/h5-15,17,24H,16,18-19H2,1-4H3,(H,30,34)/t24-/m1/s1. The van der Waals surface area contributed by atoms with Crippen LogP contribution in [0.3, 0.4) is 0 Å². The molecule has 0 aliphatic carbocycles. The Bertz CT molecular complexity index is 1380. The highest BCUT2D eigenvalue weighted by Crippen LogP contribution is 2.32. The van der Waals surface area contributed by atoms with Gasteiger partial charge in [0, 0.05) is 31.1 Å². The van der Waals surface area contributed by atoms with Gasteiger partial charge in [0.2, 0.25) is 21.8 Å². The second kappa shape index (κ2) is 13.3. The molecular formula is C28H32ClN3O6S. The van der Waals surface area contributed by atoms with Gasteiger partial charge in [-0.25, -0.2) is 8.42 Å². The van der Waals surface area contributed by atoms with E-state index in [4.69, 9.17) is 21.1 Å². The van der Waals surface area contributed by atoms with Crippen molar-refractivity contribution in [2.24, 2.45) is 0 Å². The highest BCUT2D eigenvalue weighted by atomic mass is 35.5. The van der Waals surface area contributed by atoms with Crippen molar-refractivity contribution in [1.29, 1.82) is 0 Å². The van der Waals surface area contributed by atoms with Crippen molar-refractivity contribution in [1.82, 2.24) is 10.2 Å². The van der Waals surface area contributed by atoms with Crippen LogP contribution in [0.15, 0.2) is 72.8 Å². The van der Waals surface area contributed by atoms with Gasteiger partial charge in [-0.2, -0.15) is 0 Å². The summed E-state index contributed by atoms with van der Waals surface area (Å²) >= 11 is 6.05. The van der Waals surface area contributed by atoms with Crippen LogP contribution in [0, 0.1) is 0 Å². The SMILES string of the molecule is CNC(=O)[C@@H](Cc1ccccc1)N(Cc1ccc(Cl)cc1)C(=O)CN(c1ccc(OC)c(OC)c1)S(C)(=O)=O. The Balaban J connectivity index is 2.04. The maximum absolute atomic E-state index is 13.9. The van der Waals surface area contributed by atoms with E-state index < -0.39 is 28.5 Å². The molecular weight excluding hydrogens is 542 g/mol. The highest BCUT2D eigenvalue weighted by Gasteiger charge is 2.32. The molecule has 39 heavy (non-hydrogen) atoms.